The second kappa shape index (κ2) is 5.11. The number of furan rings is 1. The molecule has 0 unspecified atom stereocenters. The Morgan fingerprint density at radius 3 is 3.00 bits per heavy atom. The van der Waals surface area contributed by atoms with Gasteiger partial charge in [0.2, 0.25) is 0 Å². The highest BCUT2D eigenvalue weighted by molar-refractivity contribution is 7.14. The van der Waals surface area contributed by atoms with Crippen molar-refractivity contribution in [3.63, 3.8) is 0 Å². The fraction of sp³-hybridized carbons (Fsp3) is 0.286. The highest BCUT2D eigenvalue weighted by Gasteiger charge is 2.11. The molecular weight excluding hydrogens is 258 g/mol. The summed E-state index contributed by atoms with van der Waals surface area (Å²) >= 11 is 1.59. The van der Waals surface area contributed by atoms with Crippen LogP contribution in [0.2, 0.25) is 0 Å². The minimum absolute atomic E-state index is 0.800. The predicted octanol–water partition coefficient (Wildman–Crippen LogP) is 3.02. The number of benzene rings is 1. The van der Waals surface area contributed by atoms with Crippen molar-refractivity contribution < 1.29 is 4.42 Å². The van der Waals surface area contributed by atoms with E-state index < -0.39 is 0 Å². The van der Waals surface area contributed by atoms with Gasteiger partial charge < -0.3 is 9.73 Å². The Hall–Kier alpha value is -1.72. The number of fused-ring (bicyclic) bond motifs is 1. The topological polar surface area (TPSA) is 51.0 Å². The summed E-state index contributed by atoms with van der Waals surface area (Å²) in [4.78, 5) is 0. The minimum atomic E-state index is 0.800. The molecule has 1 aromatic carbocycles. The monoisotopic (exact) mass is 273 g/mol. The quantitative estimate of drug-likeness (QED) is 0.794. The number of likely N-dealkylation sites (N-methyl/N-ethyl adjacent to an activating group) is 1. The van der Waals surface area contributed by atoms with E-state index in [1.807, 2.05) is 25.2 Å². The van der Waals surface area contributed by atoms with Crippen molar-refractivity contribution >= 4 is 22.3 Å². The molecule has 1 N–H and O–H groups in total. The van der Waals surface area contributed by atoms with Crippen LogP contribution in [0.5, 0.6) is 0 Å². The van der Waals surface area contributed by atoms with Crippen LogP contribution < -0.4 is 5.32 Å². The zero-order valence-electron chi connectivity index (χ0n) is 10.9. The van der Waals surface area contributed by atoms with Gasteiger partial charge in [-0.05, 0) is 32.2 Å². The maximum absolute atomic E-state index is 5.82. The van der Waals surface area contributed by atoms with Gasteiger partial charge in [0, 0.05) is 18.4 Å². The summed E-state index contributed by atoms with van der Waals surface area (Å²) in [6, 6.07) is 8.20. The first-order valence-electron chi connectivity index (χ1n) is 6.24. The normalized spacial score (nSPS) is 11.3. The average Bonchev–Trinajstić information content (AvgIpc) is 3.01. The minimum Gasteiger partial charge on any atom is -0.453 e. The molecule has 2 aromatic heterocycles. The molecule has 0 aliphatic rings. The SMILES string of the molecule is CNCCc1nnc(-c2cc3cc(C)ccc3o2)s1. The molecule has 3 rings (SSSR count). The third kappa shape index (κ3) is 2.52. The number of hydrogen-bond acceptors (Lipinski definition) is 5. The summed E-state index contributed by atoms with van der Waals surface area (Å²) in [5.41, 5.74) is 2.12. The van der Waals surface area contributed by atoms with E-state index in [4.69, 9.17) is 4.42 Å². The molecule has 0 aliphatic carbocycles. The Bertz CT molecular complexity index is 702. The summed E-state index contributed by atoms with van der Waals surface area (Å²) in [7, 11) is 1.93. The van der Waals surface area contributed by atoms with E-state index in [0.29, 0.717) is 0 Å². The van der Waals surface area contributed by atoms with E-state index in [1.54, 1.807) is 11.3 Å². The molecule has 5 heteroatoms. The van der Waals surface area contributed by atoms with Gasteiger partial charge in [-0.25, -0.2) is 0 Å². The van der Waals surface area contributed by atoms with Crippen LogP contribution in [0.15, 0.2) is 28.7 Å². The lowest BCUT2D eigenvalue weighted by Crippen LogP contribution is -2.09. The zero-order valence-corrected chi connectivity index (χ0v) is 11.8. The lowest BCUT2D eigenvalue weighted by atomic mass is 10.2. The third-order valence-electron chi connectivity index (χ3n) is 2.94. The molecule has 0 fully saturated rings. The molecule has 0 atom stereocenters. The van der Waals surface area contributed by atoms with Crippen LogP contribution in [-0.2, 0) is 6.42 Å². The van der Waals surface area contributed by atoms with Gasteiger partial charge in [0.15, 0.2) is 10.8 Å². The van der Waals surface area contributed by atoms with Gasteiger partial charge in [-0.2, -0.15) is 0 Å². The molecular formula is C14H15N3OS. The van der Waals surface area contributed by atoms with Crippen molar-refractivity contribution in [3.05, 3.63) is 34.8 Å². The van der Waals surface area contributed by atoms with Crippen molar-refractivity contribution in [2.45, 2.75) is 13.3 Å². The van der Waals surface area contributed by atoms with Gasteiger partial charge in [0.1, 0.15) is 10.6 Å². The molecule has 0 saturated carbocycles. The first-order valence-corrected chi connectivity index (χ1v) is 7.05. The maximum Gasteiger partial charge on any atom is 0.183 e. The van der Waals surface area contributed by atoms with Crippen LogP contribution in [0.3, 0.4) is 0 Å². The van der Waals surface area contributed by atoms with Gasteiger partial charge in [-0.3, -0.25) is 0 Å². The van der Waals surface area contributed by atoms with E-state index in [-0.39, 0.29) is 0 Å². The molecule has 2 heterocycles. The summed E-state index contributed by atoms with van der Waals surface area (Å²) in [6.45, 7) is 2.99. The maximum atomic E-state index is 5.82. The Kier molecular flexibility index (Phi) is 3.31. The molecule has 0 saturated heterocycles. The van der Waals surface area contributed by atoms with E-state index in [1.165, 1.54) is 5.56 Å². The standard InChI is InChI=1S/C14H15N3OS/c1-9-3-4-11-10(7-9)8-12(18-11)14-17-16-13(19-14)5-6-15-2/h3-4,7-8,15H,5-6H2,1-2H3. The molecule has 0 aliphatic heterocycles. The number of nitrogens with zero attached hydrogens (tertiary/aromatic N) is 2. The summed E-state index contributed by atoms with van der Waals surface area (Å²) in [5.74, 6) is 0.800. The molecule has 0 bridgehead atoms. The second-order valence-corrected chi connectivity index (χ2v) is 5.57. The fourth-order valence-corrected chi connectivity index (χ4v) is 2.75. The summed E-state index contributed by atoms with van der Waals surface area (Å²) < 4.78 is 5.82. The molecule has 19 heavy (non-hydrogen) atoms. The van der Waals surface area contributed by atoms with Crippen LogP contribution in [0.4, 0.5) is 0 Å². The average molecular weight is 273 g/mol. The lowest BCUT2D eigenvalue weighted by Gasteiger charge is -1.91. The molecule has 0 spiro atoms. The molecule has 98 valence electrons. The highest BCUT2D eigenvalue weighted by atomic mass is 32.1. The van der Waals surface area contributed by atoms with E-state index in [9.17, 15) is 0 Å². The van der Waals surface area contributed by atoms with Crippen molar-refractivity contribution in [2.75, 3.05) is 13.6 Å². The second-order valence-electron chi connectivity index (χ2n) is 4.51. The van der Waals surface area contributed by atoms with Crippen LogP contribution in [0.1, 0.15) is 10.6 Å². The Morgan fingerprint density at radius 1 is 1.26 bits per heavy atom. The number of nitrogens with one attached hydrogen (secondary N) is 1. The van der Waals surface area contributed by atoms with Gasteiger partial charge in [-0.1, -0.05) is 23.0 Å². The molecule has 3 aromatic rings. The number of aryl methyl sites for hydroxylation is 1. The van der Waals surface area contributed by atoms with E-state index in [2.05, 4.69) is 28.5 Å². The first-order chi connectivity index (χ1) is 9.26. The van der Waals surface area contributed by atoms with Crippen molar-refractivity contribution in [1.82, 2.24) is 15.5 Å². The number of aromatic nitrogens is 2. The number of rotatable bonds is 4. The van der Waals surface area contributed by atoms with Gasteiger partial charge in [0.25, 0.3) is 0 Å². The van der Waals surface area contributed by atoms with Crippen LogP contribution in [-0.4, -0.2) is 23.8 Å². The molecule has 0 radical (unpaired) electrons. The largest absolute Gasteiger partial charge is 0.453 e. The summed E-state index contributed by atoms with van der Waals surface area (Å²) in [5, 5.41) is 14.5. The summed E-state index contributed by atoms with van der Waals surface area (Å²) in [6.07, 6.45) is 0.896. The van der Waals surface area contributed by atoms with Crippen molar-refractivity contribution in [2.24, 2.45) is 0 Å². The first kappa shape index (κ1) is 12.3. The van der Waals surface area contributed by atoms with Gasteiger partial charge >= 0.3 is 0 Å². The van der Waals surface area contributed by atoms with Crippen LogP contribution in [0, 0.1) is 6.92 Å². The Morgan fingerprint density at radius 2 is 2.16 bits per heavy atom. The lowest BCUT2D eigenvalue weighted by molar-refractivity contribution is 0.629. The van der Waals surface area contributed by atoms with Crippen molar-refractivity contribution in [1.29, 1.82) is 0 Å². The van der Waals surface area contributed by atoms with Gasteiger partial charge in [-0.15, -0.1) is 10.2 Å². The fourth-order valence-electron chi connectivity index (χ4n) is 1.95. The van der Waals surface area contributed by atoms with E-state index >= 15 is 0 Å². The zero-order chi connectivity index (χ0) is 13.2. The Balaban J connectivity index is 1.92. The Labute approximate surface area is 115 Å². The van der Waals surface area contributed by atoms with Gasteiger partial charge in [0.05, 0.1) is 0 Å². The predicted molar refractivity (Wildman–Crippen MR) is 77.5 cm³/mol. The van der Waals surface area contributed by atoms with E-state index in [0.717, 1.165) is 39.7 Å². The third-order valence-corrected chi connectivity index (χ3v) is 3.94. The van der Waals surface area contributed by atoms with Crippen LogP contribution >= 0.6 is 11.3 Å². The van der Waals surface area contributed by atoms with Crippen molar-refractivity contribution in [3.8, 4) is 10.8 Å². The molecule has 4 nitrogen and oxygen atoms in total. The highest BCUT2D eigenvalue weighted by Crippen LogP contribution is 2.30. The smallest absolute Gasteiger partial charge is 0.183 e. The number of hydrogen-bond donors (Lipinski definition) is 1. The van der Waals surface area contributed by atoms with Crippen LogP contribution in [0.25, 0.3) is 21.7 Å². The molecule has 0 amide bonds.